The van der Waals surface area contributed by atoms with E-state index < -0.39 is 0 Å². The van der Waals surface area contributed by atoms with Gasteiger partial charge in [-0.3, -0.25) is 4.98 Å². The van der Waals surface area contributed by atoms with Gasteiger partial charge in [-0.05, 0) is 42.8 Å². The molecule has 0 atom stereocenters. The number of ether oxygens (including phenoxy) is 1. The summed E-state index contributed by atoms with van der Waals surface area (Å²) in [4.78, 5) is 42.1. The highest BCUT2D eigenvalue weighted by Crippen LogP contribution is 2.22. The molecule has 0 aliphatic carbocycles. The largest absolute Gasteiger partial charge is 0.494 e. The van der Waals surface area contributed by atoms with E-state index in [4.69, 9.17) is 4.74 Å². The molecule has 1 aromatic carbocycles. The summed E-state index contributed by atoms with van der Waals surface area (Å²) in [6, 6.07) is 13.3. The second-order valence-corrected chi connectivity index (χ2v) is 7.91. The molecule has 11 heteroatoms. The molecule has 4 heterocycles. The van der Waals surface area contributed by atoms with E-state index in [2.05, 4.69) is 30.2 Å². The number of rotatable bonds is 6. The fourth-order valence-corrected chi connectivity index (χ4v) is 3.94. The second-order valence-electron chi connectivity index (χ2n) is 7.91. The van der Waals surface area contributed by atoms with Crippen LogP contribution in [-0.2, 0) is 0 Å². The number of carbonyl (C=O) groups is 1. The molecule has 0 bridgehead atoms. The first-order valence-electron chi connectivity index (χ1n) is 11.0. The number of hydrogen-bond acceptors (Lipinski definition) is 6. The Bertz CT molecular complexity index is 1320. The van der Waals surface area contributed by atoms with E-state index in [1.165, 1.54) is 0 Å². The van der Waals surface area contributed by atoms with Crippen molar-refractivity contribution < 1.29 is 9.53 Å². The summed E-state index contributed by atoms with van der Waals surface area (Å²) in [5.41, 5.74) is 1.70. The van der Waals surface area contributed by atoms with E-state index in [-0.39, 0.29) is 24.1 Å². The van der Waals surface area contributed by atoms with Gasteiger partial charge in [0.15, 0.2) is 5.65 Å². The number of hydrogen-bond donors (Lipinski definition) is 3. The Morgan fingerprint density at radius 3 is 2.74 bits per heavy atom. The quantitative estimate of drug-likeness (QED) is 0.362. The summed E-state index contributed by atoms with van der Waals surface area (Å²) in [5, 5.41) is 3.85. The van der Waals surface area contributed by atoms with Gasteiger partial charge in [0.2, 0.25) is 0 Å². The number of H-pyrrole nitrogens is 2. The predicted octanol–water partition coefficient (Wildman–Crippen LogP) is 2.52. The summed E-state index contributed by atoms with van der Waals surface area (Å²) < 4.78 is 5.84. The zero-order valence-corrected chi connectivity index (χ0v) is 19.3. The third-order valence-electron chi connectivity index (χ3n) is 5.67. The highest BCUT2D eigenvalue weighted by molar-refractivity contribution is 5.90. The smallest absolute Gasteiger partial charge is 0.325 e. The number of amides is 2. The van der Waals surface area contributed by atoms with Crippen LogP contribution in [0.3, 0.4) is 0 Å². The van der Waals surface area contributed by atoms with Crippen molar-refractivity contribution in [2.75, 3.05) is 44.2 Å². The monoisotopic (exact) mass is 483 g/mol. The Hall–Kier alpha value is -3.79. The molecule has 0 spiro atoms. The van der Waals surface area contributed by atoms with Crippen molar-refractivity contribution in [2.24, 2.45) is 0 Å². The van der Waals surface area contributed by atoms with Crippen LogP contribution in [0.1, 0.15) is 6.42 Å². The lowest BCUT2D eigenvalue weighted by Gasteiger charge is -2.35. The van der Waals surface area contributed by atoms with Crippen LogP contribution in [0.4, 0.5) is 10.6 Å². The minimum Gasteiger partial charge on any atom is -0.494 e. The predicted molar refractivity (Wildman–Crippen MR) is 133 cm³/mol. The number of halogens is 1. The Kier molecular flexibility index (Phi) is 7.17. The number of nitrogens with one attached hydrogen (secondary N) is 3. The first-order valence-corrected chi connectivity index (χ1v) is 11.0. The van der Waals surface area contributed by atoms with E-state index >= 15 is 0 Å². The Morgan fingerprint density at radius 2 is 1.94 bits per heavy atom. The molecule has 34 heavy (non-hydrogen) atoms. The van der Waals surface area contributed by atoms with Crippen molar-refractivity contribution in [1.82, 2.24) is 30.2 Å². The molecule has 1 fully saturated rings. The number of fused-ring (bicyclic) bond motifs is 2. The lowest BCUT2D eigenvalue weighted by Crippen LogP contribution is -2.52. The Balaban J connectivity index is 0.00000274. The molecule has 5 rings (SSSR count). The van der Waals surface area contributed by atoms with Crippen LogP contribution in [0, 0.1) is 0 Å². The first-order chi connectivity index (χ1) is 16.2. The number of anilines is 1. The molecule has 0 saturated carbocycles. The number of piperazine rings is 1. The average Bonchev–Trinajstić information content (AvgIpc) is 3.21. The number of nitrogens with zero attached hydrogens (tertiary/aromatic N) is 4. The minimum absolute atomic E-state index is 0. The molecule has 3 N–H and O–H groups in total. The van der Waals surface area contributed by atoms with Gasteiger partial charge in [0, 0.05) is 44.3 Å². The van der Waals surface area contributed by atoms with Crippen LogP contribution in [0.15, 0.2) is 53.5 Å². The van der Waals surface area contributed by atoms with Crippen molar-refractivity contribution in [1.29, 1.82) is 0 Å². The second kappa shape index (κ2) is 10.4. The molecule has 1 aliphatic heterocycles. The van der Waals surface area contributed by atoms with Crippen LogP contribution in [0.25, 0.3) is 22.1 Å². The van der Waals surface area contributed by atoms with E-state index in [1.54, 1.807) is 6.20 Å². The summed E-state index contributed by atoms with van der Waals surface area (Å²) >= 11 is 0. The molecule has 1 saturated heterocycles. The number of pyridine rings is 2. The topological polar surface area (TPSA) is 119 Å². The molecule has 178 valence electrons. The third-order valence-corrected chi connectivity index (χ3v) is 5.67. The lowest BCUT2D eigenvalue weighted by atomic mass is 10.2. The molecule has 1 aliphatic rings. The molecule has 2 amide bonds. The molecular weight excluding hydrogens is 458 g/mol. The normalized spacial score (nSPS) is 13.6. The minimum atomic E-state index is -0.276. The van der Waals surface area contributed by atoms with Crippen molar-refractivity contribution in [3.05, 3.63) is 59.1 Å². The molecule has 3 aromatic heterocycles. The van der Waals surface area contributed by atoms with E-state index in [1.807, 2.05) is 47.4 Å². The van der Waals surface area contributed by atoms with Crippen LogP contribution in [0.5, 0.6) is 5.75 Å². The lowest BCUT2D eigenvalue weighted by molar-refractivity contribution is 0.193. The fourth-order valence-electron chi connectivity index (χ4n) is 3.94. The van der Waals surface area contributed by atoms with Crippen LogP contribution in [0.2, 0.25) is 0 Å². The highest BCUT2D eigenvalue weighted by Gasteiger charge is 2.21. The standard InChI is InChI=1S/C23H25N7O3.ClH/c31-22-27-19-15-16-14-17(5-6-18(16)26-21(19)28-22)33-13-3-8-25-23(32)30-11-9-29(10-12-30)20-4-1-2-7-24-20;/h1-2,4-7,14-15H,3,8-13H2,(H,25,32)(H2,26,27,28,31);1H. The summed E-state index contributed by atoms with van der Waals surface area (Å²) in [7, 11) is 0. The van der Waals surface area contributed by atoms with Gasteiger partial charge in [0.05, 0.1) is 17.6 Å². The molecule has 0 unspecified atom stereocenters. The molecule has 4 aromatic rings. The number of imidazole rings is 1. The summed E-state index contributed by atoms with van der Waals surface area (Å²) in [5.74, 6) is 1.67. The maximum atomic E-state index is 12.4. The van der Waals surface area contributed by atoms with Gasteiger partial charge in [0.1, 0.15) is 11.6 Å². The number of aromatic nitrogens is 4. The molecule has 0 radical (unpaired) electrons. The van der Waals surface area contributed by atoms with E-state index in [0.29, 0.717) is 43.8 Å². The maximum absolute atomic E-state index is 12.4. The number of benzene rings is 1. The van der Waals surface area contributed by atoms with Gasteiger partial charge in [-0.2, -0.15) is 0 Å². The van der Waals surface area contributed by atoms with Gasteiger partial charge in [-0.1, -0.05) is 6.07 Å². The third kappa shape index (κ3) is 5.23. The number of carbonyl (C=O) groups excluding carboxylic acids is 1. The Morgan fingerprint density at radius 1 is 1.09 bits per heavy atom. The van der Waals surface area contributed by atoms with Crippen LogP contribution in [-0.4, -0.2) is 70.2 Å². The van der Waals surface area contributed by atoms with Crippen molar-refractivity contribution in [3.8, 4) is 5.75 Å². The molecular formula is C23H26ClN7O3. The van der Waals surface area contributed by atoms with Crippen molar-refractivity contribution >= 4 is 46.3 Å². The number of urea groups is 1. The van der Waals surface area contributed by atoms with Crippen molar-refractivity contribution in [3.63, 3.8) is 0 Å². The van der Waals surface area contributed by atoms with Crippen LogP contribution >= 0.6 is 12.4 Å². The van der Waals surface area contributed by atoms with Crippen molar-refractivity contribution in [2.45, 2.75) is 6.42 Å². The van der Waals surface area contributed by atoms with E-state index in [9.17, 15) is 9.59 Å². The molecule has 10 nitrogen and oxygen atoms in total. The summed E-state index contributed by atoms with van der Waals surface area (Å²) in [6.07, 6.45) is 2.48. The SMILES string of the molecule is Cl.O=C(NCCCOc1ccc2nc3[nH]c(=O)[nH]c3cc2c1)N1CCN(c2ccccn2)CC1. The van der Waals surface area contributed by atoms with Gasteiger partial charge < -0.3 is 24.8 Å². The fraction of sp³-hybridized carbons (Fsp3) is 0.304. The van der Waals surface area contributed by atoms with Gasteiger partial charge in [0.25, 0.3) is 0 Å². The zero-order valence-electron chi connectivity index (χ0n) is 18.5. The van der Waals surface area contributed by atoms with E-state index in [0.717, 1.165) is 35.6 Å². The highest BCUT2D eigenvalue weighted by atomic mass is 35.5. The average molecular weight is 484 g/mol. The van der Waals surface area contributed by atoms with Crippen LogP contribution < -0.4 is 20.6 Å². The van der Waals surface area contributed by atoms with Gasteiger partial charge in [-0.15, -0.1) is 12.4 Å². The number of aromatic amines is 2. The van der Waals surface area contributed by atoms with Gasteiger partial charge >= 0.3 is 11.7 Å². The maximum Gasteiger partial charge on any atom is 0.325 e. The Labute approximate surface area is 201 Å². The van der Waals surface area contributed by atoms with Gasteiger partial charge in [-0.25, -0.2) is 19.6 Å². The zero-order chi connectivity index (χ0) is 22.6. The first kappa shape index (κ1) is 23.4. The summed E-state index contributed by atoms with van der Waals surface area (Å²) in [6.45, 7) is 3.91.